The highest BCUT2D eigenvalue weighted by Crippen LogP contribution is 2.33. The highest BCUT2D eigenvalue weighted by Gasteiger charge is 2.29. The predicted octanol–water partition coefficient (Wildman–Crippen LogP) is 6.64. The molecule has 12 heteroatoms. The van der Waals surface area contributed by atoms with Gasteiger partial charge < -0.3 is 24.3 Å². The number of nitrogens with zero attached hydrogens (tertiary/aromatic N) is 2. The number of hydrogen-bond donors (Lipinski definition) is 1. The van der Waals surface area contributed by atoms with Crippen molar-refractivity contribution in [1.82, 2.24) is 14.9 Å². The number of benzene rings is 2. The molecule has 0 saturated carbocycles. The fraction of sp³-hybridized carbons (Fsp3) is 0.375. The van der Waals surface area contributed by atoms with E-state index in [1.165, 1.54) is 29.3 Å². The summed E-state index contributed by atoms with van der Waals surface area (Å²) in [7, 11) is 1.49. The van der Waals surface area contributed by atoms with E-state index in [4.69, 9.17) is 30.5 Å². The van der Waals surface area contributed by atoms with Crippen LogP contribution in [0.15, 0.2) is 59.7 Å². The van der Waals surface area contributed by atoms with Crippen molar-refractivity contribution in [3.63, 3.8) is 0 Å². The Bertz CT molecular complexity index is 1690. The highest BCUT2D eigenvalue weighted by molar-refractivity contribution is 7.22. The maximum absolute atomic E-state index is 13.4. The third-order valence-electron chi connectivity index (χ3n) is 6.38. The summed E-state index contributed by atoms with van der Waals surface area (Å²) in [4.78, 5) is 43.9. The Morgan fingerprint density at radius 3 is 2.39 bits per heavy atom. The molecule has 1 N–H and O–H groups in total. The number of ether oxygens (including phenoxy) is 4. The summed E-state index contributed by atoms with van der Waals surface area (Å²) < 4.78 is 24.2. The molecule has 2 aromatic heterocycles. The van der Waals surface area contributed by atoms with Gasteiger partial charge in [0.2, 0.25) is 0 Å². The molecule has 0 spiro atoms. The Morgan fingerprint density at radius 2 is 1.75 bits per heavy atom. The van der Waals surface area contributed by atoms with Crippen LogP contribution in [0.1, 0.15) is 41.5 Å². The summed E-state index contributed by atoms with van der Waals surface area (Å²) in [6.07, 6.45) is 0.143. The molecule has 1 amide bonds. The molecule has 234 valence electrons. The van der Waals surface area contributed by atoms with Crippen LogP contribution in [0.25, 0.3) is 26.3 Å². The number of nitrogens with one attached hydrogen (secondary N) is 1. The summed E-state index contributed by atoms with van der Waals surface area (Å²) in [6, 6.07) is 13.5. The molecule has 0 radical (unpaired) electrons. The molecule has 0 aliphatic heterocycles. The summed E-state index contributed by atoms with van der Waals surface area (Å²) in [5, 5.41) is 3.22. The minimum absolute atomic E-state index is 0.0227. The van der Waals surface area contributed by atoms with E-state index in [9.17, 15) is 14.4 Å². The van der Waals surface area contributed by atoms with Crippen LogP contribution in [0.3, 0.4) is 0 Å². The van der Waals surface area contributed by atoms with Crippen LogP contribution in [-0.2, 0) is 14.3 Å². The van der Waals surface area contributed by atoms with Crippen molar-refractivity contribution in [2.75, 3.05) is 13.7 Å². The van der Waals surface area contributed by atoms with Crippen molar-refractivity contribution in [3.05, 3.63) is 70.2 Å². The first kappa shape index (κ1) is 32.8. The van der Waals surface area contributed by atoms with E-state index in [0.717, 1.165) is 10.4 Å². The van der Waals surface area contributed by atoms with E-state index in [2.05, 4.69) is 10.3 Å². The van der Waals surface area contributed by atoms with Crippen LogP contribution in [-0.4, -0.2) is 53.1 Å². The van der Waals surface area contributed by atoms with Gasteiger partial charge in [0.25, 0.3) is 5.56 Å². The lowest BCUT2D eigenvalue weighted by Crippen LogP contribution is -2.48. The first-order valence-corrected chi connectivity index (χ1v) is 15.2. The van der Waals surface area contributed by atoms with Gasteiger partial charge in [-0.15, -0.1) is 11.3 Å². The number of thiophene rings is 1. The lowest BCUT2D eigenvalue weighted by molar-refractivity contribution is -0.153. The fourth-order valence-electron chi connectivity index (χ4n) is 4.22. The largest absolute Gasteiger partial charge is 0.493 e. The summed E-state index contributed by atoms with van der Waals surface area (Å²) in [6.45, 7) is 10.5. The SMILES string of the molecule is COc1cc(-n2cnc3cc(-c4ccc(Cl)cc4)sc3c2=O)ccc1OCC(C)OC(=O)[C@@H](NC(=O)OC(C)(C)C)C(C)C. The third kappa shape index (κ3) is 8.09. The molecule has 0 bridgehead atoms. The number of methoxy groups -OCH3 is 1. The molecule has 0 fully saturated rings. The molecule has 0 saturated heterocycles. The van der Waals surface area contributed by atoms with Gasteiger partial charge in [-0.1, -0.05) is 37.6 Å². The smallest absolute Gasteiger partial charge is 0.408 e. The van der Waals surface area contributed by atoms with Crippen LogP contribution >= 0.6 is 22.9 Å². The van der Waals surface area contributed by atoms with Crippen molar-refractivity contribution in [2.24, 2.45) is 5.92 Å². The number of fused-ring (bicyclic) bond motifs is 1. The molecule has 0 aliphatic carbocycles. The number of halogens is 1. The van der Waals surface area contributed by atoms with Crippen molar-refractivity contribution in [1.29, 1.82) is 0 Å². The first-order chi connectivity index (χ1) is 20.8. The van der Waals surface area contributed by atoms with Crippen LogP contribution in [0.2, 0.25) is 5.02 Å². The van der Waals surface area contributed by atoms with Gasteiger partial charge in [0, 0.05) is 16.0 Å². The van der Waals surface area contributed by atoms with Gasteiger partial charge in [-0.3, -0.25) is 9.36 Å². The van der Waals surface area contributed by atoms with Crippen LogP contribution in [0.4, 0.5) is 4.79 Å². The van der Waals surface area contributed by atoms with Gasteiger partial charge in [-0.2, -0.15) is 0 Å². The fourth-order valence-corrected chi connectivity index (χ4v) is 5.40. The summed E-state index contributed by atoms with van der Waals surface area (Å²) >= 11 is 7.38. The number of rotatable bonds is 10. The monoisotopic (exact) mass is 641 g/mol. The van der Waals surface area contributed by atoms with Crippen LogP contribution < -0.4 is 20.3 Å². The molecule has 1 unspecified atom stereocenters. The second-order valence-electron chi connectivity index (χ2n) is 11.5. The van der Waals surface area contributed by atoms with Crippen molar-refractivity contribution in [2.45, 2.75) is 59.3 Å². The van der Waals surface area contributed by atoms with E-state index in [1.807, 2.05) is 18.2 Å². The Morgan fingerprint density at radius 1 is 1.05 bits per heavy atom. The Balaban J connectivity index is 1.45. The van der Waals surface area contributed by atoms with E-state index in [-0.39, 0.29) is 18.1 Å². The van der Waals surface area contributed by atoms with Gasteiger partial charge in [-0.25, -0.2) is 14.6 Å². The summed E-state index contributed by atoms with van der Waals surface area (Å²) in [5.41, 5.74) is 1.19. The number of alkyl carbamates (subject to hydrolysis) is 1. The van der Waals surface area contributed by atoms with E-state index in [0.29, 0.717) is 32.4 Å². The standard InChI is InChI=1S/C32H36ClN3O7S/c1-18(2)27(35-31(39)43-32(4,5)6)30(38)42-19(3)16-41-24-13-12-22(14-25(24)40-7)36-17-34-23-15-26(44-28(23)29(36)37)20-8-10-21(33)11-9-20/h8-15,17-19,27H,16H2,1-7H3,(H,35,39)/t19?,27-/m0/s1. The van der Waals surface area contributed by atoms with Crippen molar-refractivity contribution >= 4 is 45.2 Å². The maximum atomic E-state index is 13.4. The molecule has 4 aromatic rings. The normalized spacial score (nSPS) is 12.9. The Kier molecular flexibility index (Phi) is 10.2. The minimum atomic E-state index is -0.893. The average Bonchev–Trinajstić information content (AvgIpc) is 3.39. The minimum Gasteiger partial charge on any atom is -0.493 e. The second-order valence-corrected chi connectivity index (χ2v) is 13.0. The molecular formula is C32H36ClN3O7S. The van der Waals surface area contributed by atoms with Crippen LogP contribution in [0, 0.1) is 5.92 Å². The number of esters is 1. The van der Waals surface area contributed by atoms with Gasteiger partial charge >= 0.3 is 12.1 Å². The van der Waals surface area contributed by atoms with E-state index < -0.39 is 29.8 Å². The van der Waals surface area contributed by atoms with Crippen molar-refractivity contribution < 1.29 is 28.5 Å². The number of carbonyl (C=O) groups is 2. The Hall–Kier alpha value is -4.09. The maximum Gasteiger partial charge on any atom is 0.408 e. The average molecular weight is 642 g/mol. The molecule has 2 aromatic carbocycles. The Labute approximate surface area is 264 Å². The molecule has 44 heavy (non-hydrogen) atoms. The molecule has 4 rings (SSSR count). The lowest BCUT2D eigenvalue weighted by atomic mass is 10.1. The topological polar surface area (TPSA) is 118 Å². The first-order valence-electron chi connectivity index (χ1n) is 14.0. The zero-order chi connectivity index (χ0) is 32.2. The molecule has 2 heterocycles. The van der Waals surface area contributed by atoms with Gasteiger partial charge in [-0.05, 0) is 69.5 Å². The zero-order valence-electron chi connectivity index (χ0n) is 25.7. The van der Waals surface area contributed by atoms with E-state index >= 15 is 0 Å². The van der Waals surface area contributed by atoms with Crippen molar-refractivity contribution in [3.8, 4) is 27.6 Å². The molecular weight excluding hydrogens is 606 g/mol. The zero-order valence-corrected chi connectivity index (χ0v) is 27.2. The number of carbonyl (C=O) groups excluding carboxylic acids is 2. The number of aromatic nitrogens is 2. The third-order valence-corrected chi connectivity index (χ3v) is 7.79. The number of hydrogen-bond acceptors (Lipinski definition) is 9. The van der Waals surface area contributed by atoms with Gasteiger partial charge in [0.15, 0.2) is 11.5 Å². The predicted molar refractivity (Wildman–Crippen MR) is 171 cm³/mol. The molecule has 10 nitrogen and oxygen atoms in total. The van der Waals surface area contributed by atoms with E-state index in [1.54, 1.807) is 71.9 Å². The quantitative estimate of drug-likeness (QED) is 0.192. The highest BCUT2D eigenvalue weighted by atomic mass is 35.5. The lowest BCUT2D eigenvalue weighted by Gasteiger charge is -2.25. The molecule has 0 aliphatic rings. The van der Waals surface area contributed by atoms with Gasteiger partial charge in [0.1, 0.15) is 35.4 Å². The summed E-state index contributed by atoms with van der Waals surface area (Å²) in [5.74, 6) is -0.0483. The van der Waals surface area contributed by atoms with Crippen LogP contribution in [0.5, 0.6) is 11.5 Å². The second kappa shape index (κ2) is 13.7. The number of amides is 1. The van der Waals surface area contributed by atoms with Gasteiger partial charge in [0.05, 0.1) is 18.3 Å². The molecule has 2 atom stereocenters.